The summed E-state index contributed by atoms with van der Waals surface area (Å²) in [6.45, 7) is 8.23. The van der Waals surface area contributed by atoms with E-state index in [1.165, 1.54) is 4.31 Å². The number of likely N-dealkylation sites (N-methyl/N-ethyl adjacent to an activating group) is 2. The minimum atomic E-state index is -4.01. The third-order valence-corrected chi connectivity index (χ3v) is 11.5. The minimum Gasteiger partial charge on any atom is -0.340 e. The number of likely N-dealkylation sites (tertiary alicyclic amines) is 3. The van der Waals surface area contributed by atoms with Crippen molar-refractivity contribution in [3.05, 3.63) is 41.4 Å². The lowest BCUT2D eigenvalue weighted by Gasteiger charge is -2.47. The normalized spacial score (nSPS) is 23.8. The number of hydrogen-bond acceptors (Lipinski definition) is 7. The average Bonchev–Trinajstić information content (AvgIpc) is 3.34. The maximum absolute atomic E-state index is 14.1. The second-order valence-corrected chi connectivity index (χ2v) is 15.7. The highest BCUT2D eigenvalue weighted by atomic mass is 35.5. The molecule has 2 aromatic carbocycles. The van der Waals surface area contributed by atoms with E-state index in [-0.39, 0.29) is 23.3 Å². The minimum absolute atomic E-state index is 0.0358. The topological polar surface area (TPSA) is 87.7 Å². The molecular weight excluding hydrogens is 600 g/mol. The number of amides is 2. The predicted octanol–water partition coefficient (Wildman–Crippen LogP) is 2.38. The quantitative estimate of drug-likeness (QED) is 0.371. The molecule has 0 aliphatic carbocycles. The lowest BCUT2D eigenvalue weighted by Crippen LogP contribution is -2.58. The third kappa shape index (κ3) is 7.24. The van der Waals surface area contributed by atoms with E-state index in [2.05, 4.69) is 23.9 Å². The standard InChI is InChI=1S/C32H47ClN6O4S/c1-23(31(40)37-21-24-16-25(22-37)20-36(19-24)14-12-34(2)3)38-11-10-30(32(38)41)39(15-13-35(4)5)44(42,43)29-9-7-26-17-28(33)8-6-27(26)18-29/h6-9,17-18,23-25,30H,10-16,19-22H2,1-5H3/t23-,24-,25+,30-/m0/s1. The van der Waals surface area contributed by atoms with Crippen LogP contribution in [-0.4, -0.2) is 148 Å². The fourth-order valence-electron chi connectivity index (χ4n) is 7.06. The second-order valence-electron chi connectivity index (χ2n) is 13.4. The van der Waals surface area contributed by atoms with Crippen molar-refractivity contribution in [2.45, 2.75) is 36.7 Å². The molecule has 3 fully saturated rings. The molecule has 0 aromatic heterocycles. The summed E-state index contributed by atoms with van der Waals surface area (Å²) in [6, 6.07) is 8.80. The zero-order valence-corrected chi connectivity index (χ0v) is 28.2. The lowest BCUT2D eigenvalue weighted by molar-refractivity contribution is -0.147. The highest BCUT2D eigenvalue weighted by molar-refractivity contribution is 7.89. The van der Waals surface area contributed by atoms with Crippen molar-refractivity contribution in [3.63, 3.8) is 0 Å². The Labute approximate surface area is 267 Å². The summed E-state index contributed by atoms with van der Waals surface area (Å²) in [5.41, 5.74) is 0. The fraction of sp³-hybridized carbons (Fsp3) is 0.625. The van der Waals surface area contributed by atoms with Crippen molar-refractivity contribution in [1.29, 1.82) is 0 Å². The van der Waals surface area contributed by atoms with Gasteiger partial charge in [-0.2, -0.15) is 4.31 Å². The Morgan fingerprint density at radius 1 is 0.932 bits per heavy atom. The largest absolute Gasteiger partial charge is 0.340 e. The van der Waals surface area contributed by atoms with Gasteiger partial charge in [-0.05, 0) is 94.8 Å². The third-order valence-electron chi connectivity index (χ3n) is 9.36. The molecule has 3 aliphatic rings. The summed E-state index contributed by atoms with van der Waals surface area (Å²) >= 11 is 6.13. The molecule has 3 saturated heterocycles. The van der Waals surface area contributed by atoms with Gasteiger partial charge in [0, 0.05) is 63.9 Å². The number of benzene rings is 2. The first kappa shape index (κ1) is 33.1. The van der Waals surface area contributed by atoms with Crippen LogP contribution in [0.15, 0.2) is 41.3 Å². The lowest BCUT2D eigenvalue weighted by atomic mass is 9.84. The van der Waals surface area contributed by atoms with Gasteiger partial charge >= 0.3 is 0 Å². The van der Waals surface area contributed by atoms with Crippen LogP contribution in [0.3, 0.4) is 0 Å². The van der Waals surface area contributed by atoms with Gasteiger partial charge in [0.05, 0.1) is 4.90 Å². The average molecular weight is 647 g/mol. The second kappa shape index (κ2) is 13.6. The van der Waals surface area contributed by atoms with Gasteiger partial charge in [-0.25, -0.2) is 8.42 Å². The number of nitrogens with zero attached hydrogens (tertiary/aromatic N) is 6. The van der Waals surface area contributed by atoms with Crippen LogP contribution >= 0.6 is 11.6 Å². The number of sulfonamides is 1. The van der Waals surface area contributed by atoms with Crippen LogP contribution in [0.5, 0.6) is 0 Å². The highest BCUT2D eigenvalue weighted by Crippen LogP contribution is 2.32. The number of carbonyl (C=O) groups excluding carboxylic acids is 2. The molecule has 0 spiro atoms. The Morgan fingerprint density at radius 3 is 2.23 bits per heavy atom. The van der Waals surface area contributed by atoms with E-state index >= 15 is 0 Å². The van der Waals surface area contributed by atoms with Gasteiger partial charge in [0.25, 0.3) is 0 Å². The van der Waals surface area contributed by atoms with Gasteiger partial charge in [0.2, 0.25) is 21.8 Å². The van der Waals surface area contributed by atoms with Gasteiger partial charge in [-0.15, -0.1) is 0 Å². The van der Waals surface area contributed by atoms with Gasteiger partial charge in [0.15, 0.2) is 0 Å². The summed E-state index contributed by atoms with van der Waals surface area (Å²) in [5, 5.41) is 2.18. The monoisotopic (exact) mass is 646 g/mol. The first-order valence-electron chi connectivity index (χ1n) is 15.7. The zero-order valence-electron chi connectivity index (χ0n) is 26.7. The Balaban J connectivity index is 1.29. The van der Waals surface area contributed by atoms with Crippen LogP contribution in [-0.2, 0) is 19.6 Å². The van der Waals surface area contributed by atoms with E-state index in [1.54, 1.807) is 48.2 Å². The van der Waals surface area contributed by atoms with Crippen molar-refractivity contribution >= 4 is 44.2 Å². The molecular formula is C32H47ClN6O4S. The first-order chi connectivity index (χ1) is 20.8. The molecule has 0 N–H and O–H groups in total. The van der Waals surface area contributed by atoms with E-state index in [0.717, 1.165) is 43.4 Å². The molecule has 242 valence electrons. The van der Waals surface area contributed by atoms with Crippen molar-refractivity contribution < 1.29 is 18.0 Å². The molecule has 3 aliphatic heterocycles. The Hall–Kier alpha value is -2.28. The number of halogens is 1. The van der Waals surface area contributed by atoms with E-state index < -0.39 is 22.1 Å². The summed E-state index contributed by atoms with van der Waals surface area (Å²) in [5.74, 6) is 0.541. The van der Waals surface area contributed by atoms with Crippen LogP contribution in [0.1, 0.15) is 19.8 Å². The number of piperidine rings is 2. The van der Waals surface area contributed by atoms with Crippen molar-refractivity contribution in [3.8, 4) is 0 Å². The van der Waals surface area contributed by atoms with E-state index in [0.29, 0.717) is 49.5 Å². The predicted molar refractivity (Wildman–Crippen MR) is 174 cm³/mol. The van der Waals surface area contributed by atoms with Crippen LogP contribution < -0.4 is 0 Å². The molecule has 10 nitrogen and oxygen atoms in total. The Morgan fingerprint density at radius 2 is 1.57 bits per heavy atom. The van der Waals surface area contributed by atoms with Crippen LogP contribution in [0.25, 0.3) is 10.8 Å². The van der Waals surface area contributed by atoms with Crippen molar-refractivity contribution in [1.82, 2.24) is 28.8 Å². The smallest absolute Gasteiger partial charge is 0.245 e. The maximum atomic E-state index is 14.1. The molecule has 0 radical (unpaired) electrons. The van der Waals surface area contributed by atoms with Gasteiger partial charge in [-0.3, -0.25) is 9.59 Å². The fourth-order valence-corrected chi connectivity index (χ4v) is 8.88. The number of rotatable bonds is 11. The van der Waals surface area contributed by atoms with E-state index in [9.17, 15) is 18.0 Å². The van der Waals surface area contributed by atoms with Gasteiger partial charge in [-0.1, -0.05) is 23.7 Å². The molecule has 2 aromatic rings. The van der Waals surface area contributed by atoms with Gasteiger partial charge in [0.1, 0.15) is 12.1 Å². The van der Waals surface area contributed by atoms with Crippen LogP contribution in [0.2, 0.25) is 5.02 Å². The summed E-state index contributed by atoms with van der Waals surface area (Å²) in [4.78, 5) is 38.0. The van der Waals surface area contributed by atoms with Crippen LogP contribution in [0.4, 0.5) is 0 Å². The first-order valence-corrected chi connectivity index (χ1v) is 17.5. The molecule has 44 heavy (non-hydrogen) atoms. The molecule has 3 heterocycles. The highest BCUT2D eigenvalue weighted by Gasteiger charge is 2.46. The molecule has 0 unspecified atom stereocenters. The van der Waals surface area contributed by atoms with Crippen molar-refractivity contribution in [2.24, 2.45) is 11.8 Å². The van der Waals surface area contributed by atoms with Gasteiger partial charge < -0.3 is 24.5 Å². The molecule has 2 amide bonds. The summed E-state index contributed by atoms with van der Waals surface area (Å²) in [6.07, 6.45) is 1.49. The molecule has 12 heteroatoms. The maximum Gasteiger partial charge on any atom is 0.245 e. The van der Waals surface area contributed by atoms with Crippen LogP contribution in [0, 0.1) is 11.8 Å². The molecule has 4 atom stereocenters. The summed E-state index contributed by atoms with van der Waals surface area (Å²) in [7, 11) is 3.93. The Kier molecular flexibility index (Phi) is 10.2. The Bertz CT molecular complexity index is 1460. The number of fused-ring (bicyclic) bond motifs is 3. The summed E-state index contributed by atoms with van der Waals surface area (Å²) < 4.78 is 29.5. The number of hydrogen-bond donors (Lipinski definition) is 0. The molecule has 2 bridgehead atoms. The van der Waals surface area contributed by atoms with E-state index in [4.69, 9.17) is 11.6 Å². The molecule has 0 saturated carbocycles. The zero-order chi connectivity index (χ0) is 31.8. The SMILES string of the molecule is C[C@@H](C(=O)N1C[C@@H]2C[C@@H](CN(CCN(C)C)C2)C1)N1CC[C@H](N(CCN(C)C)S(=O)(=O)c2ccc3cc(Cl)ccc3c2)C1=O. The number of carbonyl (C=O) groups is 2. The molecule has 5 rings (SSSR count). The van der Waals surface area contributed by atoms with E-state index in [1.807, 2.05) is 23.9 Å². The van der Waals surface area contributed by atoms with Crippen molar-refractivity contribution in [2.75, 3.05) is 87.1 Å².